The molecule has 2 fully saturated rings. The highest BCUT2D eigenvalue weighted by atomic mass is 16.5. The Kier molecular flexibility index (Phi) is 3.38. The van der Waals surface area contributed by atoms with Gasteiger partial charge in [0, 0.05) is 19.7 Å². The molecule has 0 aromatic carbocycles. The van der Waals surface area contributed by atoms with Crippen molar-refractivity contribution in [3.63, 3.8) is 0 Å². The second kappa shape index (κ2) is 4.64. The number of carbonyl (C=O) groups is 2. The van der Waals surface area contributed by atoms with E-state index in [1.807, 2.05) is 0 Å². The first kappa shape index (κ1) is 12.4. The summed E-state index contributed by atoms with van der Waals surface area (Å²) in [6.45, 7) is 3.32. The van der Waals surface area contributed by atoms with E-state index in [0.29, 0.717) is 25.9 Å². The van der Waals surface area contributed by atoms with E-state index < -0.39 is 11.4 Å². The summed E-state index contributed by atoms with van der Waals surface area (Å²) < 4.78 is 5.42. The molecule has 2 aliphatic rings. The van der Waals surface area contributed by atoms with Gasteiger partial charge < -0.3 is 14.7 Å². The summed E-state index contributed by atoms with van der Waals surface area (Å²) in [4.78, 5) is 24.7. The van der Waals surface area contributed by atoms with Crippen LogP contribution in [0.15, 0.2) is 0 Å². The summed E-state index contributed by atoms with van der Waals surface area (Å²) in [6, 6.07) is 0. The van der Waals surface area contributed by atoms with Crippen molar-refractivity contribution in [3.05, 3.63) is 0 Å². The summed E-state index contributed by atoms with van der Waals surface area (Å²) >= 11 is 0. The minimum atomic E-state index is -0.815. The van der Waals surface area contributed by atoms with Crippen LogP contribution in [0, 0.1) is 5.41 Å². The first-order valence-corrected chi connectivity index (χ1v) is 6.14. The lowest BCUT2D eigenvalue weighted by Crippen LogP contribution is -2.36. The first-order valence-electron chi connectivity index (χ1n) is 6.14. The molecule has 17 heavy (non-hydrogen) atoms. The van der Waals surface area contributed by atoms with Gasteiger partial charge in [-0.2, -0.15) is 0 Å². The minimum absolute atomic E-state index is 0.0295. The van der Waals surface area contributed by atoms with E-state index in [2.05, 4.69) is 0 Å². The largest absolute Gasteiger partial charge is 0.481 e. The number of nitrogens with zero attached hydrogens (tertiary/aromatic N) is 1. The van der Waals surface area contributed by atoms with Crippen LogP contribution in [0.4, 0.5) is 0 Å². The topological polar surface area (TPSA) is 66.8 Å². The van der Waals surface area contributed by atoms with Gasteiger partial charge in [0.15, 0.2) is 0 Å². The highest BCUT2D eigenvalue weighted by Crippen LogP contribution is 2.31. The van der Waals surface area contributed by atoms with Crippen LogP contribution in [0.5, 0.6) is 0 Å². The van der Waals surface area contributed by atoms with Crippen molar-refractivity contribution in [1.29, 1.82) is 0 Å². The maximum absolute atomic E-state index is 12.0. The van der Waals surface area contributed by atoms with Crippen LogP contribution >= 0.6 is 0 Å². The third kappa shape index (κ3) is 2.60. The molecule has 0 bridgehead atoms. The van der Waals surface area contributed by atoms with Gasteiger partial charge in [-0.3, -0.25) is 9.59 Å². The van der Waals surface area contributed by atoms with Crippen molar-refractivity contribution < 1.29 is 19.4 Å². The molecule has 0 aliphatic carbocycles. The van der Waals surface area contributed by atoms with Crippen LogP contribution in [-0.4, -0.2) is 47.7 Å². The zero-order valence-corrected chi connectivity index (χ0v) is 10.1. The summed E-state index contributed by atoms with van der Waals surface area (Å²) in [5.74, 6) is -0.785. The zero-order chi connectivity index (χ0) is 12.5. The van der Waals surface area contributed by atoms with Gasteiger partial charge in [-0.05, 0) is 26.2 Å². The van der Waals surface area contributed by atoms with Crippen molar-refractivity contribution in [2.75, 3.05) is 19.7 Å². The van der Waals surface area contributed by atoms with E-state index in [4.69, 9.17) is 9.84 Å². The molecule has 0 spiro atoms. The smallest absolute Gasteiger partial charge is 0.311 e. The van der Waals surface area contributed by atoms with Gasteiger partial charge in [-0.15, -0.1) is 0 Å². The molecule has 1 N–H and O–H groups in total. The fourth-order valence-electron chi connectivity index (χ4n) is 2.48. The molecule has 0 aromatic heterocycles. The summed E-state index contributed by atoms with van der Waals surface area (Å²) in [5, 5.41) is 9.09. The van der Waals surface area contributed by atoms with E-state index in [0.717, 1.165) is 19.4 Å². The van der Waals surface area contributed by atoms with Crippen LogP contribution in [0.2, 0.25) is 0 Å². The Bertz CT molecular complexity index is 324. The first-order chi connectivity index (χ1) is 8.01. The van der Waals surface area contributed by atoms with E-state index in [-0.39, 0.29) is 12.0 Å². The molecule has 0 radical (unpaired) electrons. The predicted octanol–water partition coefficient (Wildman–Crippen LogP) is 0.879. The number of carboxylic acid groups (broad SMARTS) is 1. The summed E-state index contributed by atoms with van der Waals surface area (Å²) in [7, 11) is 0. The Labute approximate surface area is 101 Å². The number of carboxylic acids is 1. The molecule has 0 saturated carbocycles. The molecular formula is C12H19NO4. The highest BCUT2D eigenvalue weighted by molar-refractivity contribution is 5.80. The van der Waals surface area contributed by atoms with Crippen LogP contribution in [0.3, 0.4) is 0 Å². The van der Waals surface area contributed by atoms with Crippen molar-refractivity contribution >= 4 is 11.9 Å². The van der Waals surface area contributed by atoms with Gasteiger partial charge in [0.2, 0.25) is 5.91 Å². The third-order valence-corrected chi connectivity index (χ3v) is 3.77. The van der Waals surface area contributed by atoms with Gasteiger partial charge in [0.05, 0.1) is 17.9 Å². The lowest BCUT2D eigenvalue weighted by Gasteiger charge is -2.21. The Morgan fingerprint density at radius 3 is 2.82 bits per heavy atom. The molecule has 2 heterocycles. The van der Waals surface area contributed by atoms with E-state index >= 15 is 0 Å². The summed E-state index contributed by atoms with van der Waals surface area (Å²) in [6.07, 6.45) is 2.94. The van der Waals surface area contributed by atoms with Crippen LogP contribution in [0.25, 0.3) is 0 Å². The molecule has 0 unspecified atom stereocenters. The SMILES string of the molecule is C[C@@]1(C(=O)O)CCN(C(=O)C[C@@H]2CCCO2)C1. The van der Waals surface area contributed by atoms with Gasteiger partial charge in [0.25, 0.3) is 0 Å². The van der Waals surface area contributed by atoms with Crippen molar-refractivity contribution in [2.45, 2.75) is 38.7 Å². The Morgan fingerprint density at radius 1 is 1.53 bits per heavy atom. The fourth-order valence-corrected chi connectivity index (χ4v) is 2.48. The van der Waals surface area contributed by atoms with Crippen molar-refractivity contribution in [3.8, 4) is 0 Å². The number of rotatable bonds is 3. The molecule has 2 atom stereocenters. The zero-order valence-electron chi connectivity index (χ0n) is 10.1. The van der Waals surface area contributed by atoms with E-state index in [9.17, 15) is 9.59 Å². The number of likely N-dealkylation sites (tertiary alicyclic amines) is 1. The maximum Gasteiger partial charge on any atom is 0.311 e. The molecule has 5 nitrogen and oxygen atoms in total. The van der Waals surface area contributed by atoms with E-state index in [1.54, 1.807) is 11.8 Å². The maximum atomic E-state index is 12.0. The predicted molar refractivity (Wildman–Crippen MR) is 60.5 cm³/mol. The Morgan fingerprint density at radius 2 is 2.29 bits per heavy atom. The molecule has 0 aromatic rings. The van der Waals surface area contributed by atoms with Gasteiger partial charge in [0.1, 0.15) is 0 Å². The Hall–Kier alpha value is -1.10. The van der Waals surface area contributed by atoms with Crippen LogP contribution in [-0.2, 0) is 14.3 Å². The normalized spacial score (nSPS) is 33.0. The number of amides is 1. The molecule has 2 rings (SSSR count). The van der Waals surface area contributed by atoms with Crippen LogP contribution < -0.4 is 0 Å². The Balaban J connectivity index is 1.87. The lowest BCUT2D eigenvalue weighted by molar-refractivity contribution is -0.147. The monoisotopic (exact) mass is 241 g/mol. The second-order valence-corrected chi connectivity index (χ2v) is 5.27. The number of hydrogen-bond acceptors (Lipinski definition) is 3. The molecule has 2 aliphatic heterocycles. The molecular weight excluding hydrogens is 222 g/mol. The van der Waals surface area contributed by atoms with Gasteiger partial charge in [-0.1, -0.05) is 0 Å². The number of hydrogen-bond donors (Lipinski definition) is 1. The number of carbonyl (C=O) groups excluding carboxylic acids is 1. The second-order valence-electron chi connectivity index (χ2n) is 5.27. The fraction of sp³-hybridized carbons (Fsp3) is 0.833. The number of aliphatic carboxylic acids is 1. The lowest BCUT2D eigenvalue weighted by atomic mass is 9.90. The molecule has 2 saturated heterocycles. The van der Waals surface area contributed by atoms with Gasteiger partial charge in [-0.25, -0.2) is 0 Å². The van der Waals surface area contributed by atoms with E-state index in [1.165, 1.54) is 0 Å². The molecule has 96 valence electrons. The van der Waals surface area contributed by atoms with Crippen molar-refractivity contribution in [1.82, 2.24) is 4.90 Å². The minimum Gasteiger partial charge on any atom is -0.481 e. The average molecular weight is 241 g/mol. The standard InChI is InChI=1S/C12H19NO4/c1-12(11(15)16)4-5-13(8-12)10(14)7-9-3-2-6-17-9/h9H,2-8H2,1H3,(H,15,16)/t9-,12+/m0/s1. The third-order valence-electron chi connectivity index (χ3n) is 3.77. The van der Waals surface area contributed by atoms with Gasteiger partial charge >= 0.3 is 5.97 Å². The molecule has 1 amide bonds. The highest BCUT2D eigenvalue weighted by Gasteiger charge is 2.42. The molecule has 5 heteroatoms. The van der Waals surface area contributed by atoms with Crippen molar-refractivity contribution in [2.24, 2.45) is 5.41 Å². The quantitative estimate of drug-likeness (QED) is 0.796. The summed E-state index contributed by atoms with van der Waals surface area (Å²) in [5.41, 5.74) is -0.772. The number of ether oxygens (including phenoxy) is 1. The average Bonchev–Trinajstić information content (AvgIpc) is 2.88. The van der Waals surface area contributed by atoms with Crippen LogP contribution in [0.1, 0.15) is 32.6 Å².